The molecule has 0 amide bonds. The third-order valence-electron chi connectivity index (χ3n) is 3.04. The van der Waals surface area contributed by atoms with E-state index in [1.54, 1.807) is 19.1 Å². The fraction of sp³-hybridized carbons (Fsp3) is 0.571. The molecule has 1 aromatic carbocycles. The Morgan fingerprint density at radius 2 is 2.11 bits per heavy atom. The molecule has 1 unspecified atom stereocenters. The molecule has 5 nitrogen and oxygen atoms in total. The SMILES string of the molecule is Cc1ccc(CNC(CO)CC(C)C)cc1[N+](=O)[O-]. The first-order valence-corrected chi connectivity index (χ1v) is 6.52. The van der Waals surface area contributed by atoms with Gasteiger partial charge in [0.1, 0.15) is 0 Å². The second-order valence-corrected chi connectivity index (χ2v) is 5.27. The minimum atomic E-state index is -0.365. The molecule has 1 aromatic rings. The van der Waals surface area contributed by atoms with Gasteiger partial charge < -0.3 is 10.4 Å². The van der Waals surface area contributed by atoms with Crippen molar-refractivity contribution >= 4 is 5.69 Å². The largest absolute Gasteiger partial charge is 0.395 e. The van der Waals surface area contributed by atoms with Gasteiger partial charge in [0.05, 0.1) is 11.5 Å². The van der Waals surface area contributed by atoms with Gasteiger partial charge in [0.2, 0.25) is 0 Å². The van der Waals surface area contributed by atoms with Gasteiger partial charge in [0.25, 0.3) is 5.69 Å². The van der Waals surface area contributed by atoms with E-state index in [1.807, 2.05) is 6.07 Å². The van der Waals surface area contributed by atoms with Crippen LogP contribution in [0.3, 0.4) is 0 Å². The number of nitro benzene ring substituents is 1. The molecule has 0 radical (unpaired) electrons. The van der Waals surface area contributed by atoms with Crippen LogP contribution < -0.4 is 5.32 Å². The van der Waals surface area contributed by atoms with E-state index in [0.717, 1.165) is 12.0 Å². The number of aliphatic hydroxyl groups excluding tert-OH is 1. The highest BCUT2D eigenvalue weighted by Gasteiger charge is 2.13. The summed E-state index contributed by atoms with van der Waals surface area (Å²) < 4.78 is 0. The summed E-state index contributed by atoms with van der Waals surface area (Å²) in [6.45, 7) is 6.53. The molecule has 0 bridgehead atoms. The van der Waals surface area contributed by atoms with Crippen LogP contribution in [0.1, 0.15) is 31.4 Å². The maximum atomic E-state index is 10.9. The van der Waals surface area contributed by atoms with Gasteiger partial charge in [-0.25, -0.2) is 0 Å². The first-order valence-electron chi connectivity index (χ1n) is 6.52. The molecular formula is C14H22N2O3. The summed E-state index contributed by atoms with van der Waals surface area (Å²) in [5.74, 6) is 0.497. The van der Waals surface area contributed by atoms with Gasteiger partial charge in [-0.2, -0.15) is 0 Å². The summed E-state index contributed by atoms with van der Waals surface area (Å²) in [4.78, 5) is 10.5. The van der Waals surface area contributed by atoms with Gasteiger partial charge in [-0.05, 0) is 24.8 Å². The zero-order chi connectivity index (χ0) is 14.4. The van der Waals surface area contributed by atoms with Crippen molar-refractivity contribution < 1.29 is 10.0 Å². The van der Waals surface area contributed by atoms with Crippen LogP contribution in [-0.4, -0.2) is 22.7 Å². The Kier molecular flexibility index (Phi) is 5.92. The number of rotatable bonds is 7. The summed E-state index contributed by atoms with van der Waals surface area (Å²) in [5.41, 5.74) is 1.66. The molecule has 0 saturated carbocycles. The topological polar surface area (TPSA) is 75.4 Å². The molecule has 5 heteroatoms. The highest BCUT2D eigenvalue weighted by molar-refractivity contribution is 5.42. The number of aryl methyl sites for hydroxylation is 1. The number of nitrogens with zero attached hydrogens (tertiary/aromatic N) is 1. The van der Waals surface area contributed by atoms with Crippen molar-refractivity contribution in [3.8, 4) is 0 Å². The third kappa shape index (κ3) is 4.96. The van der Waals surface area contributed by atoms with E-state index >= 15 is 0 Å². The van der Waals surface area contributed by atoms with Gasteiger partial charge in [0.15, 0.2) is 0 Å². The lowest BCUT2D eigenvalue weighted by Crippen LogP contribution is -2.33. The van der Waals surface area contributed by atoms with Crippen molar-refractivity contribution in [1.82, 2.24) is 5.32 Å². The van der Waals surface area contributed by atoms with Crippen LogP contribution in [0.15, 0.2) is 18.2 Å². The molecule has 0 aliphatic heterocycles. The average Bonchev–Trinajstić information content (AvgIpc) is 2.35. The lowest BCUT2D eigenvalue weighted by Gasteiger charge is -2.18. The third-order valence-corrected chi connectivity index (χ3v) is 3.04. The van der Waals surface area contributed by atoms with E-state index in [0.29, 0.717) is 18.0 Å². The highest BCUT2D eigenvalue weighted by atomic mass is 16.6. The van der Waals surface area contributed by atoms with Crippen molar-refractivity contribution in [3.05, 3.63) is 39.4 Å². The van der Waals surface area contributed by atoms with Crippen molar-refractivity contribution in [2.24, 2.45) is 5.92 Å². The Morgan fingerprint density at radius 3 is 2.63 bits per heavy atom. The fourth-order valence-corrected chi connectivity index (χ4v) is 2.02. The molecule has 0 fully saturated rings. The Bertz CT molecular complexity index is 433. The van der Waals surface area contributed by atoms with Crippen LogP contribution in [0.25, 0.3) is 0 Å². The maximum absolute atomic E-state index is 10.9. The van der Waals surface area contributed by atoms with Crippen molar-refractivity contribution in [2.75, 3.05) is 6.61 Å². The zero-order valence-corrected chi connectivity index (χ0v) is 11.7. The number of nitrogens with one attached hydrogen (secondary N) is 1. The normalized spacial score (nSPS) is 12.7. The fourth-order valence-electron chi connectivity index (χ4n) is 2.02. The van der Waals surface area contributed by atoms with Gasteiger partial charge in [-0.3, -0.25) is 10.1 Å². The van der Waals surface area contributed by atoms with E-state index in [2.05, 4.69) is 19.2 Å². The van der Waals surface area contributed by atoms with Crippen molar-refractivity contribution in [1.29, 1.82) is 0 Å². The van der Waals surface area contributed by atoms with Crippen molar-refractivity contribution in [3.63, 3.8) is 0 Å². The number of hydrogen-bond acceptors (Lipinski definition) is 4. The molecule has 0 aliphatic carbocycles. The summed E-state index contributed by atoms with van der Waals surface area (Å²) in [6, 6.07) is 5.25. The predicted octanol–water partition coefficient (Wildman–Crippen LogP) is 2.40. The van der Waals surface area contributed by atoms with Gasteiger partial charge in [-0.1, -0.05) is 26.0 Å². The molecule has 1 atom stereocenters. The van der Waals surface area contributed by atoms with Crippen molar-refractivity contribution in [2.45, 2.75) is 39.8 Å². The molecule has 19 heavy (non-hydrogen) atoms. The second kappa shape index (κ2) is 7.21. The van der Waals surface area contributed by atoms with E-state index in [4.69, 9.17) is 0 Å². The molecule has 0 aliphatic rings. The van der Waals surface area contributed by atoms with Crippen LogP contribution >= 0.6 is 0 Å². The van der Waals surface area contributed by atoms with E-state index in [-0.39, 0.29) is 23.3 Å². The van der Waals surface area contributed by atoms with Crippen LogP contribution in [-0.2, 0) is 6.54 Å². The molecule has 1 rings (SSSR count). The summed E-state index contributed by atoms with van der Waals surface area (Å²) in [7, 11) is 0. The number of nitro groups is 1. The molecule has 106 valence electrons. The summed E-state index contributed by atoms with van der Waals surface area (Å²) in [5, 5.41) is 23.4. The van der Waals surface area contributed by atoms with E-state index in [1.165, 1.54) is 0 Å². The predicted molar refractivity (Wildman–Crippen MR) is 75.0 cm³/mol. The zero-order valence-electron chi connectivity index (χ0n) is 11.7. The Labute approximate surface area is 113 Å². The van der Waals surface area contributed by atoms with Crippen LogP contribution in [0.4, 0.5) is 5.69 Å². The number of aliphatic hydroxyl groups is 1. The Morgan fingerprint density at radius 1 is 1.42 bits per heavy atom. The standard InChI is InChI=1S/C14H22N2O3/c1-10(2)6-13(9-17)15-8-12-5-4-11(3)14(7-12)16(18)19/h4-5,7,10,13,15,17H,6,8-9H2,1-3H3. The van der Waals surface area contributed by atoms with Gasteiger partial charge >= 0.3 is 0 Å². The molecular weight excluding hydrogens is 244 g/mol. The van der Waals surface area contributed by atoms with Crippen LogP contribution in [0, 0.1) is 23.0 Å². The minimum absolute atomic E-state index is 0.0281. The number of hydrogen-bond donors (Lipinski definition) is 2. The van der Waals surface area contributed by atoms with E-state index in [9.17, 15) is 15.2 Å². The monoisotopic (exact) mass is 266 g/mol. The van der Waals surface area contributed by atoms with Gasteiger partial charge in [-0.15, -0.1) is 0 Å². The Hall–Kier alpha value is -1.46. The minimum Gasteiger partial charge on any atom is -0.395 e. The quantitative estimate of drug-likeness (QED) is 0.587. The van der Waals surface area contributed by atoms with Gasteiger partial charge in [0, 0.05) is 24.2 Å². The molecule has 0 spiro atoms. The second-order valence-electron chi connectivity index (χ2n) is 5.27. The van der Waals surface area contributed by atoms with Crippen LogP contribution in [0.2, 0.25) is 0 Å². The first kappa shape index (κ1) is 15.6. The lowest BCUT2D eigenvalue weighted by atomic mass is 10.0. The smallest absolute Gasteiger partial charge is 0.272 e. The summed E-state index contributed by atoms with van der Waals surface area (Å²) in [6.07, 6.45) is 0.879. The maximum Gasteiger partial charge on any atom is 0.272 e. The molecule has 0 saturated heterocycles. The summed E-state index contributed by atoms with van der Waals surface area (Å²) >= 11 is 0. The first-order chi connectivity index (χ1) is 8.93. The highest BCUT2D eigenvalue weighted by Crippen LogP contribution is 2.19. The van der Waals surface area contributed by atoms with Crippen LogP contribution in [0.5, 0.6) is 0 Å². The Balaban J connectivity index is 2.67. The number of benzene rings is 1. The van der Waals surface area contributed by atoms with E-state index < -0.39 is 0 Å². The molecule has 2 N–H and O–H groups in total. The average molecular weight is 266 g/mol. The molecule has 0 aromatic heterocycles. The molecule has 0 heterocycles. The lowest BCUT2D eigenvalue weighted by molar-refractivity contribution is -0.385.